The Balaban J connectivity index is 1.73. The van der Waals surface area contributed by atoms with Crippen molar-refractivity contribution in [2.45, 2.75) is 68.0 Å². The van der Waals surface area contributed by atoms with Crippen LogP contribution in [0.15, 0.2) is 33.5 Å². The fourth-order valence-corrected chi connectivity index (χ4v) is 6.51. The van der Waals surface area contributed by atoms with Gasteiger partial charge in [-0.05, 0) is 56.4 Å². The molecule has 0 spiro atoms. The molecule has 1 saturated carbocycles. The largest absolute Gasteiger partial charge is 0.465 e. The lowest BCUT2D eigenvalue weighted by molar-refractivity contribution is -0.141. The van der Waals surface area contributed by atoms with Crippen molar-refractivity contribution in [2.75, 3.05) is 29.6 Å². The average molecular weight is 657 g/mol. The van der Waals surface area contributed by atoms with Crippen molar-refractivity contribution in [1.82, 2.24) is 10.3 Å². The number of anilines is 2. The van der Waals surface area contributed by atoms with E-state index in [1.165, 1.54) is 35.2 Å². The Kier molecular flexibility index (Phi) is 9.11. The number of nitriles is 1. The number of amides is 3. The van der Waals surface area contributed by atoms with Crippen molar-refractivity contribution in [3.63, 3.8) is 0 Å². The van der Waals surface area contributed by atoms with Crippen LogP contribution in [0.25, 0.3) is 0 Å². The standard InChI is InChI=1S/C28H29F5N6O5S/c1-16-19(15-34)21(28(31,32)33)36-22(39-12-5-10-27(29,30)11-13-39)20(16)23(40)35-17-6-3-7-18(14-17)45(2,44)38-24(41)26(8-4-9-26)37-25(42)43/h3,6-7,14,37H,4-5,8-13H2,1-2H3,(H,35,40)(H,42,43). The molecule has 3 amide bonds. The van der Waals surface area contributed by atoms with Crippen molar-refractivity contribution < 1.29 is 45.7 Å². The number of aromatic nitrogens is 1. The molecule has 1 atom stereocenters. The summed E-state index contributed by atoms with van der Waals surface area (Å²) in [6, 6.07) is 6.76. The molecule has 45 heavy (non-hydrogen) atoms. The second-order valence-electron chi connectivity index (χ2n) is 11.0. The van der Waals surface area contributed by atoms with Gasteiger partial charge in [0.1, 0.15) is 17.4 Å². The molecule has 2 aliphatic rings. The van der Waals surface area contributed by atoms with E-state index in [2.05, 4.69) is 20.0 Å². The zero-order valence-corrected chi connectivity index (χ0v) is 24.9. The smallest absolute Gasteiger partial charge is 0.434 e. The predicted molar refractivity (Wildman–Crippen MR) is 152 cm³/mol. The zero-order valence-electron chi connectivity index (χ0n) is 24.1. The number of pyridine rings is 1. The van der Waals surface area contributed by atoms with Crippen molar-refractivity contribution >= 4 is 39.1 Å². The maximum atomic E-state index is 14.1. The van der Waals surface area contributed by atoms with Crippen LogP contribution in [0.2, 0.25) is 0 Å². The van der Waals surface area contributed by atoms with Gasteiger partial charge in [-0.15, -0.1) is 0 Å². The molecule has 1 aliphatic carbocycles. The lowest BCUT2D eigenvalue weighted by atomic mass is 9.76. The Morgan fingerprint density at radius 3 is 2.40 bits per heavy atom. The molecule has 1 saturated heterocycles. The lowest BCUT2D eigenvalue weighted by Gasteiger charge is -2.38. The molecule has 1 aromatic carbocycles. The average Bonchev–Trinajstić information content (AvgIpc) is 3.09. The van der Waals surface area contributed by atoms with Gasteiger partial charge >= 0.3 is 12.3 Å². The van der Waals surface area contributed by atoms with Crippen molar-refractivity contribution in [2.24, 2.45) is 4.36 Å². The molecule has 0 bridgehead atoms. The summed E-state index contributed by atoms with van der Waals surface area (Å²) in [6.07, 6.45) is -5.74. The quantitative estimate of drug-likeness (QED) is 0.351. The number of halogens is 5. The summed E-state index contributed by atoms with van der Waals surface area (Å²) in [5.41, 5.74) is -4.75. The molecule has 4 rings (SSSR count). The number of nitrogens with zero attached hydrogens (tertiary/aromatic N) is 4. The molecule has 17 heteroatoms. The van der Waals surface area contributed by atoms with Gasteiger partial charge in [0, 0.05) is 42.8 Å². The van der Waals surface area contributed by atoms with Crippen molar-refractivity contribution in [3.05, 3.63) is 46.6 Å². The number of hydrogen-bond donors (Lipinski definition) is 3. The summed E-state index contributed by atoms with van der Waals surface area (Å²) < 4.78 is 87.2. The Bertz CT molecular complexity index is 1710. The highest BCUT2D eigenvalue weighted by Gasteiger charge is 2.46. The highest BCUT2D eigenvalue weighted by Crippen LogP contribution is 2.38. The topological polar surface area (TPSA) is 165 Å². The normalized spacial score (nSPS) is 18.8. The van der Waals surface area contributed by atoms with Gasteiger partial charge in [0.2, 0.25) is 5.92 Å². The lowest BCUT2D eigenvalue weighted by Crippen LogP contribution is -2.58. The fraction of sp³-hybridized carbons (Fsp3) is 0.464. The minimum atomic E-state index is -5.08. The predicted octanol–water partition coefficient (Wildman–Crippen LogP) is 5.33. The highest BCUT2D eigenvalue weighted by molar-refractivity contribution is 7.93. The van der Waals surface area contributed by atoms with Crippen LogP contribution in [0.4, 0.5) is 38.3 Å². The van der Waals surface area contributed by atoms with Crippen molar-refractivity contribution in [3.8, 4) is 6.07 Å². The third kappa shape index (κ3) is 7.16. The number of nitrogens with one attached hydrogen (secondary N) is 2. The number of benzene rings is 1. The number of hydrogen-bond acceptors (Lipinski definition) is 7. The third-order valence-corrected chi connectivity index (χ3v) is 9.44. The summed E-state index contributed by atoms with van der Waals surface area (Å²) in [6.45, 7) is 0.609. The van der Waals surface area contributed by atoms with Gasteiger partial charge in [0.15, 0.2) is 5.69 Å². The Morgan fingerprint density at radius 1 is 1.13 bits per heavy atom. The summed E-state index contributed by atoms with van der Waals surface area (Å²) in [7, 11) is -3.48. The summed E-state index contributed by atoms with van der Waals surface area (Å²) in [5.74, 6) is -5.50. The van der Waals surface area contributed by atoms with Gasteiger partial charge in [-0.2, -0.15) is 22.8 Å². The second-order valence-corrected chi connectivity index (χ2v) is 13.3. The van der Waals surface area contributed by atoms with Crippen LogP contribution in [0.5, 0.6) is 0 Å². The molecular weight excluding hydrogens is 627 g/mol. The van der Waals surface area contributed by atoms with E-state index in [0.29, 0.717) is 6.42 Å². The molecule has 3 N–H and O–H groups in total. The van der Waals surface area contributed by atoms with E-state index in [0.717, 1.165) is 13.2 Å². The maximum Gasteiger partial charge on any atom is 0.434 e. The molecule has 1 aromatic heterocycles. The van der Waals surface area contributed by atoms with Crippen LogP contribution in [-0.2, 0) is 20.7 Å². The monoisotopic (exact) mass is 656 g/mol. The van der Waals surface area contributed by atoms with E-state index in [1.54, 1.807) is 0 Å². The molecule has 242 valence electrons. The first kappa shape index (κ1) is 33.6. The summed E-state index contributed by atoms with van der Waals surface area (Å²) >= 11 is 0. The summed E-state index contributed by atoms with van der Waals surface area (Å²) in [4.78, 5) is 42.4. The zero-order chi connectivity index (χ0) is 33.4. The van der Waals surface area contributed by atoms with Crippen molar-refractivity contribution in [1.29, 1.82) is 5.26 Å². The van der Waals surface area contributed by atoms with Gasteiger partial charge in [-0.25, -0.2) is 22.8 Å². The molecule has 2 heterocycles. The van der Waals surface area contributed by atoms with Crippen LogP contribution in [-0.4, -0.2) is 63.0 Å². The molecule has 1 aliphatic heterocycles. The molecule has 1 unspecified atom stereocenters. The van der Waals surface area contributed by atoms with Crippen LogP contribution < -0.4 is 15.5 Å². The van der Waals surface area contributed by atoms with Crippen LogP contribution in [0.3, 0.4) is 0 Å². The maximum absolute atomic E-state index is 14.1. The third-order valence-electron chi connectivity index (χ3n) is 7.80. The fourth-order valence-electron chi connectivity index (χ4n) is 5.23. The minimum Gasteiger partial charge on any atom is -0.465 e. The van der Waals surface area contributed by atoms with Crippen LogP contribution in [0, 0.1) is 18.3 Å². The van der Waals surface area contributed by atoms with Gasteiger partial charge < -0.3 is 20.6 Å². The van der Waals surface area contributed by atoms with E-state index >= 15 is 0 Å². The van der Waals surface area contributed by atoms with E-state index in [-0.39, 0.29) is 42.0 Å². The first-order chi connectivity index (χ1) is 20.9. The van der Waals surface area contributed by atoms with Crippen LogP contribution >= 0.6 is 0 Å². The van der Waals surface area contributed by atoms with Gasteiger partial charge in [-0.1, -0.05) is 6.07 Å². The number of carboxylic acid groups (broad SMARTS) is 1. The number of alkyl halides is 5. The molecule has 0 radical (unpaired) electrons. The molecule has 11 nitrogen and oxygen atoms in total. The minimum absolute atomic E-state index is 0.0112. The van der Waals surface area contributed by atoms with E-state index in [9.17, 15) is 45.8 Å². The van der Waals surface area contributed by atoms with E-state index in [1.807, 2.05) is 0 Å². The molecule has 2 aromatic rings. The SMILES string of the molecule is Cc1c(C#N)c(C(F)(F)F)nc(N2CCCC(F)(F)CC2)c1C(=O)Nc1cccc(S(C)(=O)=NC(=O)C2(NC(=O)O)CCC2)c1. The van der Waals surface area contributed by atoms with Crippen LogP contribution in [0.1, 0.15) is 65.7 Å². The second kappa shape index (κ2) is 12.2. The van der Waals surface area contributed by atoms with Gasteiger partial charge in [0.25, 0.3) is 11.8 Å². The van der Waals surface area contributed by atoms with E-state index < -0.39 is 87.3 Å². The Labute approximate surface area is 255 Å². The highest BCUT2D eigenvalue weighted by atomic mass is 32.2. The molecule has 2 fully saturated rings. The first-order valence-electron chi connectivity index (χ1n) is 13.7. The van der Waals surface area contributed by atoms with Gasteiger partial charge in [-0.3, -0.25) is 9.59 Å². The van der Waals surface area contributed by atoms with E-state index in [4.69, 9.17) is 5.11 Å². The number of rotatable bonds is 6. The Hall–Kier alpha value is -4.33. The Morgan fingerprint density at radius 2 is 1.82 bits per heavy atom. The summed E-state index contributed by atoms with van der Waals surface area (Å²) in [5, 5.41) is 23.3. The van der Waals surface area contributed by atoms with Gasteiger partial charge in [0.05, 0.1) is 20.9 Å². The number of carbonyl (C=O) groups excluding carboxylic acids is 2. The molecular formula is C28H29F5N6O5S. The number of carbonyl (C=O) groups is 3. The first-order valence-corrected chi connectivity index (χ1v) is 15.7.